The first kappa shape index (κ1) is 14.3. The second-order valence-electron chi connectivity index (χ2n) is 5.83. The lowest BCUT2D eigenvalue weighted by Gasteiger charge is -2.30. The molecule has 0 spiro atoms. The fourth-order valence-electron chi connectivity index (χ4n) is 3.30. The van der Waals surface area contributed by atoms with Crippen LogP contribution in [0.1, 0.15) is 43.5 Å². The van der Waals surface area contributed by atoms with Crippen molar-refractivity contribution in [1.29, 1.82) is 0 Å². The highest BCUT2D eigenvalue weighted by atomic mass is 19.1. The van der Waals surface area contributed by atoms with Gasteiger partial charge in [-0.3, -0.25) is 4.90 Å². The van der Waals surface area contributed by atoms with Crippen LogP contribution in [0.25, 0.3) is 0 Å². The van der Waals surface area contributed by atoms with Gasteiger partial charge in [-0.25, -0.2) is 4.39 Å². The first-order chi connectivity index (χ1) is 10.3. The van der Waals surface area contributed by atoms with Gasteiger partial charge in [0.1, 0.15) is 5.82 Å². The number of nitrogens with zero attached hydrogens (tertiary/aromatic N) is 2. The minimum Gasteiger partial charge on any atom is -0.350 e. The third-order valence-electron chi connectivity index (χ3n) is 4.32. The summed E-state index contributed by atoms with van der Waals surface area (Å²) in [5.74, 6) is -0.148. The first-order valence-corrected chi connectivity index (χ1v) is 7.94. The second kappa shape index (κ2) is 6.44. The number of fused-ring (bicyclic) bond motifs is 1. The number of hydrogen-bond acceptors (Lipinski definition) is 1. The molecule has 1 aliphatic rings. The zero-order valence-electron chi connectivity index (χ0n) is 12.6. The van der Waals surface area contributed by atoms with Crippen molar-refractivity contribution in [3.05, 3.63) is 59.7 Å². The molecule has 0 aliphatic carbocycles. The van der Waals surface area contributed by atoms with E-state index in [0.29, 0.717) is 0 Å². The Morgan fingerprint density at radius 1 is 1.19 bits per heavy atom. The maximum absolute atomic E-state index is 13.7. The molecule has 0 amide bonds. The first-order valence-electron chi connectivity index (χ1n) is 7.94. The fourth-order valence-corrected chi connectivity index (χ4v) is 3.30. The zero-order chi connectivity index (χ0) is 14.7. The average molecular weight is 286 g/mol. The van der Waals surface area contributed by atoms with Gasteiger partial charge in [0.15, 0.2) is 0 Å². The van der Waals surface area contributed by atoms with Crippen molar-refractivity contribution >= 4 is 0 Å². The second-order valence-corrected chi connectivity index (χ2v) is 5.83. The van der Waals surface area contributed by atoms with Gasteiger partial charge in [-0.15, -0.1) is 0 Å². The molecule has 0 radical (unpaired) electrons. The third kappa shape index (κ3) is 3.03. The molecule has 3 rings (SSSR count). The lowest BCUT2D eigenvalue weighted by atomic mass is 10.0. The lowest BCUT2D eigenvalue weighted by molar-refractivity contribution is 0.225. The molecule has 0 bridgehead atoms. The van der Waals surface area contributed by atoms with E-state index in [4.69, 9.17) is 0 Å². The van der Waals surface area contributed by atoms with Gasteiger partial charge in [0.2, 0.25) is 0 Å². The monoisotopic (exact) mass is 286 g/mol. The zero-order valence-corrected chi connectivity index (χ0v) is 12.6. The van der Waals surface area contributed by atoms with Crippen LogP contribution < -0.4 is 0 Å². The van der Waals surface area contributed by atoms with E-state index in [1.54, 1.807) is 6.07 Å². The Hall–Kier alpha value is -1.61. The summed E-state index contributed by atoms with van der Waals surface area (Å²) in [7, 11) is 0. The Labute approximate surface area is 126 Å². The summed E-state index contributed by atoms with van der Waals surface area (Å²) in [5, 5.41) is 0. The van der Waals surface area contributed by atoms with Crippen LogP contribution in [-0.4, -0.2) is 22.6 Å². The van der Waals surface area contributed by atoms with E-state index < -0.39 is 0 Å². The maximum Gasteiger partial charge on any atom is 0.123 e. The number of hydrogen-bond donors (Lipinski definition) is 0. The SMILES string of the molecule is CCCCN1CCCn2cccc2C1c1cccc(F)c1. The molecule has 2 nitrogen and oxygen atoms in total. The molecular formula is C18H23FN2. The van der Waals surface area contributed by atoms with Crippen LogP contribution >= 0.6 is 0 Å². The molecule has 2 aromatic rings. The highest BCUT2D eigenvalue weighted by Crippen LogP contribution is 2.32. The van der Waals surface area contributed by atoms with Gasteiger partial charge in [-0.1, -0.05) is 25.5 Å². The van der Waals surface area contributed by atoms with E-state index in [-0.39, 0.29) is 11.9 Å². The molecule has 21 heavy (non-hydrogen) atoms. The largest absolute Gasteiger partial charge is 0.350 e. The number of unbranched alkanes of at least 4 members (excludes halogenated alkanes) is 1. The van der Waals surface area contributed by atoms with Crippen molar-refractivity contribution in [2.75, 3.05) is 13.1 Å². The van der Waals surface area contributed by atoms with Crippen LogP contribution in [0.15, 0.2) is 42.6 Å². The molecule has 0 saturated heterocycles. The van der Waals surface area contributed by atoms with Crippen molar-refractivity contribution in [1.82, 2.24) is 9.47 Å². The number of aromatic nitrogens is 1. The van der Waals surface area contributed by atoms with Crippen LogP contribution in [0, 0.1) is 5.82 Å². The van der Waals surface area contributed by atoms with Crippen LogP contribution in [0.2, 0.25) is 0 Å². The van der Waals surface area contributed by atoms with Gasteiger partial charge >= 0.3 is 0 Å². The molecule has 3 heteroatoms. The highest BCUT2D eigenvalue weighted by Gasteiger charge is 2.26. The number of halogens is 1. The van der Waals surface area contributed by atoms with E-state index in [9.17, 15) is 4.39 Å². The van der Waals surface area contributed by atoms with E-state index in [1.807, 2.05) is 6.07 Å². The van der Waals surface area contributed by atoms with Crippen molar-refractivity contribution in [2.45, 2.75) is 38.8 Å². The number of rotatable bonds is 4. The molecule has 1 aliphatic heterocycles. The average Bonchev–Trinajstić information content (AvgIpc) is 2.86. The minimum atomic E-state index is -0.148. The summed E-state index contributed by atoms with van der Waals surface area (Å²) >= 11 is 0. The minimum absolute atomic E-state index is 0.148. The molecule has 1 aromatic carbocycles. The summed E-state index contributed by atoms with van der Waals surface area (Å²) in [5.41, 5.74) is 2.35. The summed E-state index contributed by atoms with van der Waals surface area (Å²) in [6.45, 7) is 5.42. The van der Waals surface area contributed by atoms with Gasteiger partial charge in [-0.2, -0.15) is 0 Å². The van der Waals surface area contributed by atoms with Gasteiger partial charge in [0, 0.05) is 25.0 Å². The Morgan fingerprint density at radius 3 is 2.90 bits per heavy atom. The third-order valence-corrected chi connectivity index (χ3v) is 4.32. The van der Waals surface area contributed by atoms with Crippen LogP contribution in [0.4, 0.5) is 4.39 Å². The fraction of sp³-hybridized carbons (Fsp3) is 0.444. The summed E-state index contributed by atoms with van der Waals surface area (Å²) in [6.07, 6.45) is 5.67. The van der Waals surface area contributed by atoms with E-state index in [0.717, 1.165) is 31.6 Å². The van der Waals surface area contributed by atoms with E-state index in [2.05, 4.69) is 40.8 Å². The number of benzene rings is 1. The highest BCUT2D eigenvalue weighted by molar-refractivity contribution is 5.30. The van der Waals surface area contributed by atoms with Gasteiger partial charge < -0.3 is 4.57 Å². The Kier molecular flexibility index (Phi) is 4.39. The van der Waals surface area contributed by atoms with Crippen molar-refractivity contribution in [3.8, 4) is 0 Å². The Balaban J connectivity index is 2.00. The molecule has 0 N–H and O–H groups in total. The number of aryl methyl sites for hydroxylation is 1. The molecule has 112 valence electrons. The predicted molar refractivity (Wildman–Crippen MR) is 83.8 cm³/mol. The Morgan fingerprint density at radius 2 is 2.10 bits per heavy atom. The molecule has 1 unspecified atom stereocenters. The van der Waals surface area contributed by atoms with Gasteiger partial charge in [-0.05, 0) is 49.2 Å². The predicted octanol–water partition coefficient (Wildman–Crippen LogP) is 4.22. The van der Waals surface area contributed by atoms with E-state index >= 15 is 0 Å². The molecule has 1 atom stereocenters. The van der Waals surface area contributed by atoms with Crippen LogP contribution in [0.3, 0.4) is 0 Å². The maximum atomic E-state index is 13.7. The van der Waals surface area contributed by atoms with Crippen molar-refractivity contribution in [3.63, 3.8) is 0 Å². The van der Waals surface area contributed by atoms with Gasteiger partial charge in [0.25, 0.3) is 0 Å². The molecule has 2 heterocycles. The summed E-state index contributed by atoms with van der Waals surface area (Å²) in [4.78, 5) is 2.51. The lowest BCUT2D eigenvalue weighted by Crippen LogP contribution is -2.30. The molecular weight excluding hydrogens is 263 g/mol. The van der Waals surface area contributed by atoms with Crippen LogP contribution in [-0.2, 0) is 6.54 Å². The standard InChI is InChI=1S/C18H23FN2/c1-2-3-10-21-13-6-12-20-11-5-9-17(20)18(21)15-7-4-8-16(19)14-15/h4-5,7-9,11,14,18H,2-3,6,10,12-13H2,1H3. The Bertz CT molecular complexity index is 590. The van der Waals surface area contributed by atoms with Gasteiger partial charge in [0.05, 0.1) is 6.04 Å². The smallest absolute Gasteiger partial charge is 0.123 e. The van der Waals surface area contributed by atoms with Crippen LogP contribution in [0.5, 0.6) is 0 Å². The normalized spacial score (nSPS) is 19.2. The molecule has 0 saturated carbocycles. The topological polar surface area (TPSA) is 8.17 Å². The summed E-state index contributed by atoms with van der Waals surface area (Å²) < 4.78 is 16.0. The molecule has 1 aromatic heterocycles. The van der Waals surface area contributed by atoms with Crippen molar-refractivity contribution < 1.29 is 4.39 Å². The molecule has 0 fully saturated rings. The quantitative estimate of drug-likeness (QED) is 0.817. The van der Waals surface area contributed by atoms with E-state index in [1.165, 1.54) is 24.6 Å². The van der Waals surface area contributed by atoms with Crippen molar-refractivity contribution in [2.24, 2.45) is 0 Å². The summed E-state index contributed by atoms with van der Waals surface area (Å²) in [6, 6.07) is 11.5.